The standard InChI is InChI=1S/C20H30O2/c1-13(2)19-16-8-7-15(4)17(21)9-6-14(3)10-11-20(16,5)12-18(19)22/h10,15-16H,6-9,11-12H2,1-5H3. The molecule has 22 heavy (non-hydrogen) atoms. The summed E-state index contributed by atoms with van der Waals surface area (Å²) in [5.74, 6) is 1.13. The topological polar surface area (TPSA) is 34.1 Å². The minimum absolute atomic E-state index is 0.0258. The monoisotopic (exact) mass is 302 g/mol. The SMILES string of the molecule is CC1=CCC2(C)CC(=O)C(=C(C)C)C2CCC(C)C(=O)CC1. The Bertz CT molecular complexity index is 534. The van der Waals surface area contributed by atoms with Gasteiger partial charge in [-0.3, -0.25) is 9.59 Å². The molecule has 0 N–H and O–H groups in total. The quantitative estimate of drug-likeness (QED) is 0.464. The van der Waals surface area contributed by atoms with Gasteiger partial charge in [0.15, 0.2) is 5.78 Å². The summed E-state index contributed by atoms with van der Waals surface area (Å²) >= 11 is 0. The predicted octanol–water partition coefficient (Wildman–Crippen LogP) is 5.03. The highest BCUT2D eigenvalue weighted by Crippen LogP contribution is 2.51. The number of hydrogen-bond acceptors (Lipinski definition) is 2. The molecule has 2 rings (SSSR count). The zero-order valence-corrected chi connectivity index (χ0v) is 14.8. The predicted molar refractivity (Wildman–Crippen MR) is 90.6 cm³/mol. The van der Waals surface area contributed by atoms with Crippen LogP contribution in [-0.2, 0) is 9.59 Å². The van der Waals surface area contributed by atoms with Crippen molar-refractivity contribution in [2.75, 3.05) is 0 Å². The van der Waals surface area contributed by atoms with E-state index in [1.807, 2.05) is 0 Å². The number of rotatable bonds is 0. The molecule has 0 spiro atoms. The Morgan fingerprint density at radius 3 is 2.50 bits per heavy atom. The summed E-state index contributed by atoms with van der Waals surface area (Å²) in [6.45, 7) is 10.5. The van der Waals surface area contributed by atoms with Crippen molar-refractivity contribution < 1.29 is 9.59 Å². The van der Waals surface area contributed by atoms with E-state index in [2.05, 4.69) is 40.7 Å². The van der Waals surface area contributed by atoms with Crippen molar-refractivity contribution in [2.24, 2.45) is 17.3 Å². The third-order valence-corrected chi connectivity index (χ3v) is 5.71. The van der Waals surface area contributed by atoms with E-state index >= 15 is 0 Å². The lowest BCUT2D eigenvalue weighted by Crippen LogP contribution is -2.23. The zero-order valence-electron chi connectivity index (χ0n) is 14.8. The summed E-state index contributed by atoms with van der Waals surface area (Å²) in [7, 11) is 0. The van der Waals surface area contributed by atoms with Crippen LogP contribution in [0.4, 0.5) is 0 Å². The maximum atomic E-state index is 12.5. The normalized spacial score (nSPS) is 34.0. The summed E-state index contributed by atoms with van der Waals surface area (Å²) in [6, 6.07) is 0. The molecule has 0 aromatic rings. The molecule has 2 aliphatic rings. The Morgan fingerprint density at radius 2 is 1.86 bits per heavy atom. The molecular formula is C20H30O2. The van der Waals surface area contributed by atoms with Crippen LogP contribution < -0.4 is 0 Å². The molecule has 122 valence electrons. The summed E-state index contributed by atoms with van der Waals surface area (Å²) < 4.78 is 0. The van der Waals surface area contributed by atoms with Crippen LogP contribution in [0.15, 0.2) is 22.8 Å². The second-order valence-electron chi connectivity index (χ2n) is 7.92. The first-order chi connectivity index (χ1) is 10.2. The van der Waals surface area contributed by atoms with Crippen LogP contribution in [0.25, 0.3) is 0 Å². The molecule has 0 aliphatic heterocycles. The van der Waals surface area contributed by atoms with Gasteiger partial charge in [-0.1, -0.05) is 31.1 Å². The van der Waals surface area contributed by atoms with Crippen molar-refractivity contribution in [2.45, 2.75) is 73.1 Å². The molecule has 2 nitrogen and oxygen atoms in total. The van der Waals surface area contributed by atoms with E-state index in [9.17, 15) is 9.59 Å². The van der Waals surface area contributed by atoms with Crippen LogP contribution in [0, 0.1) is 17.3 Å². The molecule has 0 bridgehead atoms. The second-order valence-corrected chi connectivity index (χ2v) is 7.92. The maximum absolute atomic E-state index is 12.5. The Kier molecular flexibility index (Phi) is 5.09. The highest BCUT2D eigenvalue weighted by molar-refractivity contribution is 5.99. The van der Waals surface area contributed by atoms with Crippen molar-refractivity contribution in [3.05, 3.63) is 22.8 Å². The number of carbonyl (C=O) groups excluding carboxylic acids is 2. The number of ketones is 2. The molecule has 0 heterocycles. The van der Waals surface area contributed by atoms with Crippen LogP contribution in [0.2, 0.25) is 0 Å². The van der Waals surface area contributed by atoms with Crippen LogP contribution >= 0.6 is 0 Å². The van der Waals surface area contributed by atoms with Gasteiger partial charge in [0.05, 0.1) is 0 Å². The summed E-state index contributed by atoms with van der Waals surface area (Å²) in [4.78, 5) is 24.8. The third kappa shape index (κ3) is 3.42. The van der Waals surface area contributed by atoms with Crippen molar-refractivity contribution >= 4 is 11.6 Å². The lowest BCUT2D eigenvalue weighted by molar-refractivity contribution is -0.122. The van der Waals surface area contributed by atoms with E-state index in [0.29, 0.717) is 30.3 Å². The van der Waals surface area contributed by atoms with E-state index < -0.39 is 0 Å². The molecule has 0 aromatic heterocycles. The van der Waals surface area contributed by atoms with Crippen LogP contribution in [0.5, 0.6) is 0 Å². The van der Waals surface area contributed by atoms with Gasteiger partial charge in [0.2, 0.25) is 0 Å². The Balaban J connectivity index is 2.39. The number of fused-ring (bicyclic) bond motifs is 1. The fourth-order valence-corrected chi connectivity index (χ4v) is 4.12. The smallest absolute Gasteiger partial charge is 0.159 e. The average Bonchev–Trinajstić information content (AvgIpc) is 2.69. The summed E-state index contributed by atoms with van der Waals surface area (Å²) in [6.07, 6.45) is 7.29. The van der Waals surface area contributed by atoms with Gasteiger partial charge in [0.1, 0.15) is 5.78 Å². The van der Waals surface area contributed by atoms with E-state index in [0.717, 1.165) is 36.8 Å². The highest BCUT2D eigenvalue weighted by atomic mass is 16.1. The molecule has 0 radical (unpaired) electrons. The molecule has 1 fully saturated rings. The van der Waals surface area contributed by atoms with Gasteiger partial charge >= 0.3 is 0 Å². The Hall–Kier alpha value is -1.18. The van der Waals surface area contributed by atoms with Gasteiger partial charge in [-0.2, -0.15) is 0 Å². The molecule has 3 unspecified atom stereocenters. The summed E-state index contributed by atoms with van der Waals surface area (Å²) in [5, 5.41) is 0. The third-order valence-electron chi connectivity index (χ3n) is 5.71. The minimum atomic E-state index is 0.0258. The second kappa shape index (κ2) is 6.52. The average molecular weight is 302 g/mol. The zero-order chi connectivity index (χ0) is 16.5. The first-order valence-corrected chi connectivity index (χ1v) is 8.63. The van der Waals surface area contributed by atoms with Crippen molar-refractivity contribution in [3.8, 4) is 0 Å². The van der Waals surface area contributed by atoms with Gasteiger partial charge in [0, 0.05) is 18.8 Å². The number of Topliss-reactive ketones (excluding diaryl/α,β-unsaturated/α-hetero) is 2. The summed E-state index contributed by atoms with van der Waals surface area (Å²) in [5.41, 5.74) is 3.53. The number of carbonyl (C=O) groups is 2. The minimum Gasteiger partial charge on any atom is -0.299 e. The van der Waals surface area contributed by atoms with Gasteiger partial charge in [-0.25, -0.2) is 0 Å². The van der Waals surface area contributed by atoms with Crippen LogP contribution in [-0.4, -0.2) is 11.6 Å². The Morgan fingerprint density at radius 1 is 1.18 bits per heavy atom. The van der Waals surface area contributed by atoms with E-state index in [-0.39, 0.29) is 11.3 Å². The fourth-order valence-electron chi connectivity index (χ4n) is 4.12. The first-order valence-electron chi connectivity index (χ1n) is 8.63. The molecular weight excluding hydrogens is 272 g/mol. The molecule has 2 aliphatic carbocycles. The van der Waals surface area contributed by atoms with Gasteiger partial charge in [-0.15, -0.1) is 0 Å². The largest absolute Gasteiger partial charge is 0.299 e. The molecule has 1 saturated carbocycles. The van der Waals surface area contributed by atoms with Gasteiger partial charge < -0.3 is 0 Å². The highest BCUT2D eigenvalue weighted by Gasteiger charge is 2.46. The fraction of sp³-hybridized carbons (Fsp3) is 0.700. The van der Waals surface area contributed by atoms with Gasteiger partial charge in [-0.05, 0) is 63.4 Å². The van der Waals surface area contributed by atoms with E-state index in [4.69, 9.17) is 0 Å². The number of hydrogen-bond donors (Lipinski definition) is 0. The van der Waals surface area contributed by atoms with Crippen LogP contribution in [0.3, 0.4) is 0 Å². The van der Waals surface area contributed by atoms with Crippen molar-refractivity contribution in [3.63, 3.8) is 0 Å². The first kappa shape index (κ1) is 17.2. The maximum Gasteiger partial charge on any atom is 0.159 e. The molecule has 0 amide bonds. The Labute approximate surface area is 135 Å². The molecule has 0 aromatic carbocycles. The van der Waals surface area contributed by atoms with Gasteiger partial charge in [0.25, 0.3) is 0 Å². The lowest BCUT2D eigenvalue weighted by atomic mass is 9.72. The molecule has 2 heteroatoms. The number of allylic oxidation sites excluding steroid dienone is 4. The molecule has 0 saturated heterocycles. The van der Waals surface area contributed by atoms with Crippen LogP contribution in [0.1, 0.15) is 73.1 Å². The lowest BCUT2D eigenvalue weighted by Gasteiger charge is -2.31. The van der Waals surface area contributed by atoms with Crippen molar-refractivity contribution in [1.29, 1.82) is 0 Å². The van der Waals surface area contributed by atoms with E-state index in [1.165, 1.54) is 5.57 Å². The molecule has 3 atom stereocenters. The van der Waals surface area contributed by atoms with Crippen molar-refractivity contribution in [1.82, 2.24) is 0 Å². The van der Waals surface area contributed by atoms with E-state index in [1.54, 1.807) is 0 Å².